The highest BCUT2D eigenvalue weighted by Gasteiger charge is 2.17. The lowest BCUT2D eigenvalue weighted by atomic mass is 10.2. The Balaban J connectivity index is 1.80. The molecule has 1 aliphatic rings. The van der Waals surface area contributed by atoms with E-state index in [9.17, 15) is 4.79 Å². The predicted molar refractivity (Wildman–Crippen MR) is 75.6 cm³/mol. The van der Waals surface area contributed by atoms with Crippen LogP contribution in [0.1, 0.15) is 31.4 Å². The van der Waals surface area contributed by atoms with E-state index in [1.54, 1.807) is 6.20 Å². The molecule has 1 amide bonds. The van der Waals surface area contributed by atoms with Gasteiger partial charge in [0.15, 0.2) is 0 Å². The molecule has 4 heteroatoms. The first-order valence-corrected chi connectivity index (χ1v) is 7.12. The molecule has 1 saturated heterocycles. The summed E-state index contributed by atoms with van der Waals surface area (Å²) in [5.41, 5.74) is 1.01. The van der Waals surface area contributed by atoms with E-state index in [0.717, 1.165) is 38.2 Å². The smallest absolute Gasteiger partial charge is 0.236 e. The summed E-state index contributed by atoms with van der Waals surface area (Å²) in [5.74, 6) is 0.250. The van der Waals surface area contributed by atoms with E-state index < -0.39 is 0 Å². The van der Waals surface area contributed by atoms with Crippen molar-refractivity contribution in [1.29, 1.82) is 0 Å². The Morgan fingerprint density at radius 1 is 1.26 bits per heavy atom. The first kappa shape index (κ1) is 14.0. The molecule has 104 valence electrons. The van der Waals surface area contributed by atoms with Crippen molar-refractivity contribution in [2.75, 3.05) is 26.7 Å². The van der Waals surface area contributed by atoms with Gasteiger partial charge in [-0.25, -0.2) is 0 Å². The summed E-state index contributed by atoms with van der Waals surface area (Å²) in [6.07, 6.45) is 6.60. The topological polar surface area (TPSA) is 36.4 Å². The van der Waals surface area contributed by atoms with Gasteiger partial charge in [-0.1, -0.05) is 18.9 Å². The summed E-state index contributed by atoms with van der Waals surface area (Å²) >= 11 is 0. The molecule has 0 spiro atoms. The molecule has 4 nitrogen and oxygen atoms in total. The fourth-order valence-electron chi connectivity index (χ4n) is 2.48. The quantitative estimate of drug-likeness (QED) is 0.831. The lowest BCUT2D eigenvalue weighted by molar-refractivity contribution is -0.132. The number of amides is 1. The molecular weight excluding hydrogens is 238 g/mol. The molecule has 0 aliphatic carbocycles. The molecule has 19 heavy (non-hydrogen) atoms. The van der Waals surface area contributed by atoms with Crippen molar-refractivity contribution < 1.29 is 4.79 Å². The first-order valence-electron chi connectivity index (χ1n) is 7.12. The number of nitrogens with zero attached hydrogens (tertiary/aromatic N) is 3. The number of hydrogen-bond acceptors (Lipinski definition) is 3. The molecule has 0 radical (unpaired) electrons. The van der Waals surface area contributed by atoms with Gasteiger partial charge in [0.2, 0.25) is 5.91 Å². The van der Waals surface area contributed by atoms with Gasteiger partial charge in [0.1, 0.15) is 0 Å². The van der Waals surface area contributed by atoms with Crippen molar-refractivity contribution in [2.45, 2.75) is 32.2 Å². The van der Waals surface area contributed by atoms with Crippen molar-refractivity contribution in [3.8, 4) is 0 Å². The molecular formula is C15H23N3O. The van der Waals surface area contributed by atoms with Gasteiger partial charge in [0, 0.05) is 25.8 Å². The molecule has 0 saturated carbocycles. The fraction of sp³-hybridized carbons (Fsp3) is 0.600. The van der Waals surface area contributed by atoms with Gasteiger partial charge >= 0.3 is 0 Å². The lowest BCUT2D eigenvalue weighted by Gasteiger charge is -2.23. The number of likely N-dealkylation sites (tertiary alicyclic amines) is 1. The van der Waals surface area contributed by atoms with Gasteiger partial charge in [-0.05, 0) is 32.0 Å². The fourth-order valence-corrected chi connectivity index (χ4v) is 2.48. The van der Waals surface area contributed by atoms with Crippen LogP contribution in [0.15, 0.2) is 24.4 Å². The monoisotopic (exact) mass is 261 g/mol. The highest BCUT2D eigenvalue weighted by molar-refractivity contribution is 5.78. The Bertz CT molecular complexity index is 386. The van der Waals surface area contributed by atoms with E-state index in [2.05, 4.69) is 4.98 Å². The molecule has 0 aromatic carbocycles. The first-order chi connectivity index (χ1) is 9.25. The van der Waals surface area contributed by atoms with Crippen LogP contribution in [-0.4, -0.2) is 47.4 Å². The van der Waals surface area contributed by atoms with Gasteiger partial charge < -0.3 is 4.90 Å². The molecule has 0 unspecified atom stereocenters. The highest BCUT2D eigenvalue weighted by atomic mass is 16.2. The molecule has 2 rings (SSSR count). The van der Waals surface area contributed by atoms with Crippen LogP contribution in [0.4, 0.5) is 0 Å². The zero-order valence-corrected chi connectivity index (χ0v) is 11.7. The second-order valence-electron chi connectivity index (χ2n) is 5.29. The second kappa shape index (κ2) is 7.24. The molecule has 1 aromatic rings. The minimum Gasteiger partial charge on any atom is -0.342 e. The Morgan fingerprint density at radius 3 is 2.63 bits per heavy atom. The van der Waals surface area contributed by atoms with Crippen molar-refractivity contribution in [3.63, 3.8) is 0 Å². The maximum absolute atomic E-state index is 12.2. The van der Waals surface area contributed by atoms with Crippen molar-refractivity contribution in [3.05, 3.63) is 30.1 Å². The number of pyridine rings is 1. The van der Waals surface area contributed by atoms with Crippen LogP contribution in [-0.2, 0) is 11.3 Å². The normalized spacial score (nSPS) is 16.4. The number of likely N-dealkylation sites (N-methyl/N-ethyl adjacent to an activating group) is 1. The third kappa shape index (κ3) is 4.63. The third-order valence-electron chi connectivity index (χ3n) is 3.52. The van der Waals surface area contributed by atoms with Crippen LogP contribution in [0.2, 0.25) is 0 Å². The van der Waals surface area contributed by atoms with Gasteiger partial charge in [-0.3, -0.25) is 14.7 Å². The summed E-state index contributed by atoms with van der Waals surface area (Å²) in [5, 5.41) is 0. The van der Waals surface area contributed by atoms with Gasteiger partial charge in [-0.15, -0.1) is 0 Å². The molecule has 0 N–H and O–H groups in total. The van der Waals surface area contributed by atoms with Gasteiger partial charge in [-0.2, -0.15) is 0 Å². The number of aromatic nitrogens is 1. The zero-order valence-electron chi connectivity index (χ0n) is 11.7. The number of carbonyl (C=O) groups is 1. The maximum atomic E-state index is 12.2. The Morgan fingerprint density at radius 2 is 2.00 bits per heavy atom. The predicted octanol–water partition coefficient (Wildman–Crippen LogP) is 1.92. The number of hydrogen-bond donors (Lipinski definition) is 0. The average Bonchev–Trinajstić information content (AvgIpc) is 2.68. The Labute approximate surface area is 115 Å². The van der Waals surface area contributed by atoms with E-state index in [4.69, 9.17) is 0 Å². The third-order valence-corrected chi connectivity index (χ3v) is 3.52. The molecule has 1 aliphatic heterocycles. The molecule has 0 bridgehead atoms. The van der Waals surface area contributed by atoms with E-state index in [0.29, 0.717) is 6.54 Å². The van der Waals surface area contributed by atoms with E-state index in [1.165, 1.54) is 12.8 Å². The van der Waals surface area contributed by atoms with Crippen molar-refractivity contribution >= 4 is 5.91 Å². The van der Waals surface area contributed by atoms with E-state index in [1.807, 2.05) is 35.0 Å². The van der Waals surface area contributed by atoms with Gasteiger partial charge in [0.25, 0.3) is 0 Å². The summed E-state index contributed by atoms with van der Waals surface area (Å²) in [6, 6.07) is 5.88. The van der Waals surface area contributed by atoms with Gasteiger partial charge in [0.05, 0.1) is 12.2 Å². The summed E-state index contributed by atoms with van der Waals surface area (Å²) in [4.78, 5) is 20.6. The highest BCUT2D eigenvalue weighted by Crippen LogP contribution is 2.10. The largest absolute Gasteiger partial charge is 0.342 e. The number of rotatable bonds is 4. The van der Waals surface area contributed by atoms with Crippen LogP contribution in [0.5, 0.6) is 0 Å². The Hall–Kier alpha value is -1.42. The van der Waals surface area contributed by atoms with Crippen molar-refractivity contribution in [2.24, 2.45) is 0 Å². The van der Waals surface area contributed by atoms with Crippen LogP contribution in [0, 0.1) is 0 Å². The van der Waals surface area contributed by atoms with E-state index >= 15 is 0 Å². The summed E-state index contributed by atoms with van der Waals surface area (Å²) in [7, 11) is 1.98. The van der Waals surface area contributed by atoms with Crippen LogP contribution < -0.4 is 0 Å². The number of carbonyl (C=O) groups excluding carboxylic acids is 1. The second-order valence-corrected chi connectivity index (χ2v) is 5.29. The molecule has 2 heterocycles. The zero-order chi connectivity index (χ0) is 13.5. The van der Waals surface area contributed by atoms with Crippen LogP contribution in [0.3, 0.4) is 0 Å². The lowest BCUT2D eigenvalue weighted by Crippen LogP contribution is -2.39. The van der Waals surface area contributed by atoms with Crippen LogP contribution in [0.25, 0.3) is 0 Å². The molecule has 1 fully saturated rings. The molecule has 1 aromatic heterocycles. The SMILES string of the molecule is CN(CC(=O)N1CCCCCC1)Cc1ccccn1. The summed E-state index contributed by atoms with van der Waals surface area (Å²) < 4.78 is 0. The minimum absolute atomic E-state index is 0.250. The Kier molecular flexibility index (Phi) is 5.33. The standard InChI is InChI=1S/C15H23N3O/c1-17(12-14-8-4-5-9-16-14)13-15(19)18-10-6-2-3-7-11-18/h4-5,8-9H,2-3,6-7,10-13H2,1H3. The maximum Gasteiger partial charge on any atom is 0.236 e. The minimum atomic E-state index is 0.250. The molecule has 0 atom stereocenters. The van der Waals surface area contributed by atoms with E-state index in [-0.39, 0.29) is 5.91 Å². The summed E-state index contributed by atoms with van der Waals surface area (Å²) in [6.45, 7) is 3.06. The van der Waals surface area contributed by atoms with Crippen LogP contribution >= 0.6 is 0 Å². The van der Waals surface area contributed by atoms with Crippen molar-refractivity contribution in [1.82, 2.24) is 14.8 Å². The average molecular weight is 261 g/mol.